The number of ether oxygens (including phenoxy) is 3. The first-order valence-electron chi connectivity index (χ1n) is 8.48. The number of carbonyl (C=O) groups excluding carboxylic acids is 1. The first-order valence-corrected chi connectivity index (χ1v) is 9.60. The molecule has 1 aliphatic rings. The Kier molecular flexibility index (Phi) is 6.48. The normalized spacial score (nSPS) is 17.1. The summed E-state index contributed by atoms with van der Waals surface area (Å²) in [6, 6.07) is 14.4. The number of hydrogen-bond donors (Lipinski definition) is 0. The number of rotatable bonds is 7. The summed E-state index contributed by atoms with van der Waals surface area (Å²) < 4.78 is 16.9. The average molecular weight is 405 g/mol. The molecule has 0 spiro atoms. The van der Waals surface area contributed by atoms with Crippen molar-refractivity contribution in [2.24, 2.45) is 0 Å². The number of hydrogen-bond acceptors (Lipinski definition) is 4. The minimum absolute atomic E-state index is 0.0208. The van der Waals surface area contributed by atoms with Gasteiger partial charge in [0.25, 0.3) is 0 Å². The fraction of sp³-hybridized carbons (Fsp3) is 0.350. The van der Waals surface area contributed by atoms with Crippen molar-refractivity contribution in [3.63, 3.8) is 0 Å². The zero-order valence-electron chi connectivity index (χ0n) is 13.9. The van der Waals surface area contributed by atoms with Crippen molar-refractivity contribution < 1.29 is 19.0 Å². The summed E-state index contributed by atoms with van der Waals surface area (Å²) in [7, 11) is 0. The van der Waals surface area contributed by atoms with E-state index in [2.05, 4.69) is 15.9 Å². The summed E-state index contributed by atoms with van der Waals surface area (Å²) in [6.45, 7) is 1.34. The Morgan fingerprint density at radius 1 is 1.00 bits per heavy atom. The second-order valence-corrected chi connectivity index (χ2v) is 6.62. The molecular weight excluding hydrogens is 384 g/mol. The lowest BCUT2D eigenvalue weighted by Gasteiger charge is -2.23. The van der Waals surface area contributed by atoms with Gasteiger partial charge in [0.1, 0.15) is 11.5 Å². The molecule has 1 atom stereocenters. The highest BCUT2D eigenvalue weighted by Gasteiger charge is 2.15. The van der Waals surface area contributed by atoms with E-state index in [0.717, 1.165) is 42.7 Å². The molecule has 3 rings (SSSR count). The van der Waals surface area contributed by atoms with Crippen LogP contribution in [0.4, 0.5) is 0 Å². The van der Waals surface area contributed by atoms with Crippen LogP contribution in [0.1, 0.15) is 35.2 Å². The van der Waals surface area contributed by atoms with Crippen molar-refractivity contribution in [1.29, 1.82) is 0 Å². The Bertz CT molecular complexity index is 676. The summed E-state index contributed by atoms with van der Waals surface area (Å²) in [5, 5.41) is 0.772. The second-order valence-electron chi connectivity index (χ2n) is 5.83. The van der Waals surface area contributed by atoms with Crippen LogP contribution in [0.15, 0.2) is 48.5 Å². The van der Waals surface area contributed by atoms with Crippen molar-refractivity contribution >= 4 is 21.7 Å². The van der Waals surface area contributed by atoms with E-state index in [1.807, 2.05) is 24.3 Å². The maximum atomic E-state index is 12.6. The number of halogens is 1. The fourth-order valence-electron chi connectivity index (χ4n) is 2.67. The van der Waals surface area contributed by atoms with Gasteiger partial charge in [-0.3, -0.25) is 4.79 Å². The van der Waals surface area contributed by atoms with Crippen LogP contribution in [0, 0.1) is 0 Å². The largest absolute Gasteiger partial charge is 0.493 e. The van der Waals surface area contributed by atoms with E-state index < -0.39 is 0 Å². The van der Waals surface area contributed by atoms with Gasteiger partial charge in [-0.1, -0.05) is 15.9 Å². The Balaban J connectivity index is 1.61. The zero-order chi connectivity index (χ0) is 17.5. The van der Waals surface area contributed by atoms with Gasteiger partial charge in [0.15, 0.2) is 12.1 Å². The highest BCUT2D eigenvalue weighted by molar-refractivity contribution is 9.09. The van der Waals surface area contributed by atoms with Crippen LogP contribution in [0.25, 0.3) is 0 Å². The molecule has 1 saturated heterocycles. The summed E-state index contributed by atoms with van der Waals surface area (Å²) in [4.78, 5) is 12.6. The third-order valence-electron chi connectivity index (χ3n) is 3.98. The zero-order valence-corrected chi connectivity index (χ0v) is 15.5. The van der Waals surface area contributed by atoms with Crippen LogP contribution in [-0.4, -0.2) is 30.6 Å². The molecule has 0 aromatic heterocycles. The molecule has 132 valence electrons. The topological polar surface area (TPSA) is 44.8 Å². The molecule has 2 aromatic carbocycles. The molecule has 5 heteroatoms. The monoisotopic (exact) mass is 404 g/mol. The van der Waals surface area contributed by atoms with Crippen LogP contribution in [0.5, 0.6) is 11.5 Å². The Labute approximate surface area is 156 Å². The van der Waals surface area contributed by atoms with Crippen LogP contribution in [0.2, 0.25) is 0 Å². The molecule has 0 aliphatic carbocycles. The maximum Gasteiger partial charge on any atom is 0.199 e. The van der Waals surface area contributed by atoms with E-state index in [0.29, 0.717) is 17.7 Å². The molecule has 0 radical (unpaired) electrons. The predicted octanol–water partition coefficient (Wildman–Crippen LogP) is 4.60. The molecular formula is C20H21BrO4. The van der Waals surface area contributed by atoms with Crippen molar-refractivity contribution in [2.45, 2.75) is 25.6 Å². The number of alkyl halides is 1. The molecule has 0 amide bonds. The molecule has 0 saturated carbocycles. The van der Waals surface area contributed by atoms with Gasteiger partial charge in [-0.25, -0.2) is 0 Å². The van der Waals surface area contributed by atoms with E-state index in [1.165, 1.54) is 0 Å². The average Bonchev–Trinajstić information content (AvgIpc) is 2.68. The predicted molar refractivity (Wildman–Crippen MR) is 99.8 cm³/mol. The van der Waals surface area contributed by atoms with Gasteiger partial charge < -0.3 is 14.2 Å². The lowest BCUT2D eigenvalue weighted by atomic mass is 10.0. The molecule has 25 heavy (non-hydrogen) atoms. The number of carbonyl (C=O) groups is 1. The highest BCUT2D eigenvalue weighted by atomic mass is 79.9. The summed E-state index contributed by atoms with van der Waals surface area (Å²) in [6.07, 6.45) is 2.94. The van der Waals surface area contributed by atoms with Gasteiger partial charge in [0.2, 0.25) is 0 Å². The maximum absolute atomic E-state index is 12.6. The van der Waals surface area contributed by atoms with Crippen LogP contribution in [0.3, 0.4) is 0 Å². The molecule has 1 heterocycles. The number of ketones is 1. The standard InChI is InChI=1S/C20H21BrO4/c21-12-14-23-17-8-4-15(5-9-17)20(22)16-6-10-18(11-7-16)25-19-3-1-2-13-24-19/h4-11,19H,1-3,12-14H2. The first kappa shape index (κ1) is 18.0. The third-order valence-corrected chi connectivity index (χ3v) is 4.31. The Morgan fingerprint density at radius 3 is 2.20 bits per heavy atom. The van der Waals surface area contributed by atoms with Crippen LogP contribution in [-0.2, 0) is 4.74 Å². The summed E-state index contributed by atoms with van der Waals surface area (Å²) in [5.41, 5.74) is 1.27. The molecule has 0 bridgehead atoms. The van der Waals surface area contributed by atoms with Gasteiger partial charge in [-0.05, 0) is 61.4 Å². The van der Waals surface area contributed by atoms with Gasteiger partial charge in [0, 0.05) is 22.9 Å². The lowest BCUT2D eigenvalue weighted by Crippen LogP contribution is -2.24. The van der Waals surface area contributed by atoms with Crippen molar-refractivity contribution in [2.75, 3.05) is 18.5 Å². The third kappa shape index (κ3) is 5.06. The van der Waals surface area contributed by atoms with Crippen molar-refractivity contribution in [1.82, 2.24) is 0 Å². The molecule has 1 fully saturated rings. The number of benzene rings is 2. The van der Waals surface area contributed by atoms with E-state index in [1.54, 1.807) is 24.3 Å². The van der Waals surface area contributed by atoms with E-state index in [9.17, 15) is 4.79 Å². The Hall–Kier alpha value is -1.85. The van der Waals surface area contributed by atoms with Gasteiger partial charge in [-0.2, -0.15) is 0 Å². The van der Waals surface area contributed by atoms with Gasteiger partial charge >= 0.3 is 0 Å². The molecule has 1 aliphatic heterocycles. The smallest absolute Gasteiger partial charge is 0.199 e. The highest BCUT2D eigenvalue weighted by Crippen LogP contribution is 2.21. The van der Waals surface area contributed by atoms with Crippen molar-refractivity contribution in [3.05, 3.63) is 59.7 Å². The summed E-state index contributed by atoms with van der Waals surface area (Å²) >= 11 is 3.31. The van der Waals surface area contributed by atoms with Crippen LogP contribution < -0.4 is 9.47 Å². The second kappa shape index (κ2) is 9.02. The van der Waals surface area contributed by atoms with Gasteiger partial charge in [0.05, 0.1) is 13.2 Å². The van der Waals surface area contributed by atoms with Crippen molar-refractivity contribution in [3.8, 4) is 11.5 Å². The SMILES string of the molecule is O=C(c1ccc(OCCBr)cc1)c1ccc(OC2CCCCO2)cc1. The fourth-order valence-corrected chi connectivity index (χ4v) is 2.83. The van der Waals surface area contributed by atoms with Gasteiger partial charge in [-0.15, -0.1) is 0 Å². The Morgan fingerprint density at radius 2 is 1.64 bits per heavy atom. The minimum Gasteiger partial charge on any atom is -0.493 e. The lowest BCUT2D eigenvalue weighted by molar-refractivity contribution is -0.105. The molecule has 4 nitrogen and oxygen atoms in total. The van der Waals surface area contributed by atoms with E-state index in [4.69, 9.17) is 14.2 Å². The minimum atomic E-state index is -0.178. The van der Waals surface area contributed by atoms with Crippen LogP contribution >= 0.6 is 15.9 Å². The molecule has 1 unspecified atom stereocenters. The molecule has 0 N–H and O–H groups in total. The van der Waals surface area contributed by atoms with E-state index in [-0.39, 0.29) is 12.1 Å². The first-order chi connectivity index (χ1) is 12.3. The quantitative estimate of drug-likeness (QED) is 0.499. The van der Waals surface area contributed by atoms with E-state index >= 15 is 0 Å². The molecule has 2 aromatic rings. The summed E-state index contributed by atoms with van der Waals surface area (Å²) in [5.74, 6) is 1.46.